The van der Waals surface area contributed by atoms with Gasteiger partial charge in [0.2, 0.25) is 5.91 Å². The van der Waals surface area contributed by atoms with Gasteiger partial charge in [-0.05, 0) is 54.8 Å². The number of amides is 2. The molecular formula is C20H24N4O2. The van der Waals surface area contributed by atoms with Crippen LogP contribution in [-0.4, -0.2) is 17.5 Å². The van der Waals surface area contributed by atoms with Gasteiger partial charge in [-0.3, -0.25) is 9.59 Å². The number of benzene rings is 2. The van der Waals surface area contributed by atoms with Crippen molar-refractivity contribution in [2.75, 3.05) is 11.1 Å². The Labute approximate surface area is 153 Å². The second kappa shape index (κ2) is 8.80. The van der Waals surface area contributed by atoms with Gasteiger partial charge in [-0.25, -0.2) is 5.43 Å². The number of nitrogen functional groups attached to an aromatic ring is 1. The molecule has 2 aromatic carbocycles. The average Bonchev–Trinajstić information content (AvgIpc) is 2.60. The quantitative estimate of drug-likeness (QED) is 0.422. The summed E-state index contributed by atoms with van der Waals surface area (Å²) < 4.78 is 0. The van der Waals surface area contributed by atoms with E-state index in [4.69, 9.17) is 5.73 Å². The Morgan fingerprint density at radius 2 is 1.58 bits per heavy atom. The molecule has 2 amide bonds. The van der Waals surface area contributed by atoms with Crippen LogP contribution in [0.5, 0.6) is 0 Å². The molecule has 136 valence electrons. The van der Waals surface area contributed by atoms with Gasteiger partial charge >= 0.3 is 0 Å². The minimum absolute atomic E-state index is 0.0408. The Morgan fingerprint density at radius 3 is 2.15 bits per heavy atom. The Balaban J connectivity index is 1.96. The Kier molecular flexibility index (Phi) is 6.49. The van der Waals surface area contributed by atoms with Gasteiger partial charge in [0, 0.05) is 23.4 Å². The molecule has 0 saturated carbocycles. The maximum atomic E-state index is 12.2. The van der Waals surface area contributed by atoms with Crippen molar-refractivity contribution in [3.63, 3.8) is 0 Å². The predicted octanol–water partition coefficient (Wildman–Crippen LogP) is 3.41. The number of carbonyl (C=O) groups is 2. The number of hydrazone groups is 1. The standard InChI is InChI=1S/C20H24N4O2/c1-13(2)12-19(25)22-18-10-6-16(7-11-18)20(26)24-23-14(3)15-4-8-17(21)9-5-15/h4-11,13H,12,21H2,1-3H3,(H,22,25)(H,24,26)/b23-14+. The first-order valence-corrected chi connectivity index (χ1v) is 8.45. The van der Waals surface area contributed by atoms with Crippen LogP contribution in [0.15, 0.2) is 53.6 Å². The summed E-state index contributed by atoms with van der Waals surface area (Å²) in [6.45, 7) is 5.78. The SMILES string of the molecule is C/C(=N\NC(=O)c1ccc(NC(=O)CC(C)C)cc1)c1ccc(N)cc1. The van der Waals surface area contributed by atoms with Crippen molar-refractivity contribution in [2.24, 2.45) is 11.0 Å². The molecular weight excluding hydrogens is 328 g/mol. The summed E-state index contributed by atoms with van der Waals surface area (Å²) in [7, 11) is 0. The first-order chi connectivity index (χ1) is 12.3. The summed E-state index contributed by atoms with van der Waals surface area (Å²) in [6, 6.07) is 13.9. The fourth-order valence-corrected chi connectivity index (χ4v) is 2.28. The Bertz CT molecular complexity index is 794. The van der Waals surface area contributed by atoms with E-state index < -0.39 is 0 Å². The third-order valence-corrected chi connectivity index (χ3v) is 3.68. The molecule has 26 heavy (non-hydrogen) atoms. The number of nitrogens with two attached hydrogens (primary N) is 1. The molecule has 0 aliphatic heterocycles. The molecule has 2 aromatic rings. The van der Waals surface area contributed by atoms with E-state index in [2.05, 4.69) is 15.8 Å². The first kappa shape index (κ1) is 19.2. The van der Waals surface area contributed by atoms with E-state index in [0.29, 0.717) is 35.0 Å². The summed E-state index contributed by atoms with van der Waals surface area (Å²) in [5.41, 5.74) is 11.5. The van der Waals surface area contributed by atoms with Crippen LogP contribution in [0, 0.1) is 5.92 Å². The molecule has 0 atom stereocenters. The zero-order valence-electron chi connectivity index (χ0n) is 15.2. The van der Waals surface area contributed by atoms with Gasteiger partial charge in [-0.15, -0.1) is 0 Å². The van der Waals surface area contributed by atoms with E-state index >= 15 is 0 Å². The van der Waals surface area contributed by atoms with Gasteiger partial charge in [-0.2, -0.15) is 5.10 Å². The van der Waals surface area contributed by atoms with Crippen molar-refractivity contribution in [1.29, 1.82) is 0 Å². The fourth-order valence-electron chi connectivity index (χ4n) is 2.28. The zero-order chi connectivity index (χ0) is 19.1. The number of hydrogen-bond acceptors (Lipinski definition) is 4. The van der Waals surface area contributed by atoms with Crippen LogP contribution in [0.3, 0.4) is 0 Å². The van der Waals surface area contributed by atoms with Crippen molar-refractivity contribution in [1.82, 2.24) is 5.43 Å². The van der Waals surface area contributed by atoms with E-state index in [9.17, 15) is 9.59 Å². The van der Waals surface area contributed by atoms with Crippen molar-refractivity contribution in [3.05, 3.63) is 59.7 Å². The van der Waals surface area contributed by atoms with Gasteiger partial charge < -0.3 is 11.1 Å². The molecule has 0 heterocycles. The normalized spacial score (nSPS) is 11.3. The summed E-state index contributed by atoms with van der Waals surface area (Å²) >= 11 is 0. The molecule has 4 N–H and O–H groups in total. The Morgan fingerprint density at radius 1 is 1.00 bits per heavy atom. The predicted molar refractivity (Wildman–Crippen MR) is 105 cm³/mol. The zero-order valence-corrected chi connectivity index (χ0v) is 15.2. The van der Waals surface area contributed by atoms with Crippen LogP contribution in [0.4, 0.5) is 11.4 Å². The lowest BCUT2D eigenvalue weighted by Crippen LogP contribution is -2.19. The van der Waals surface area contributed by atoms with Crippen LogP contribution in [0.25, 0.3) is 0 Å². The van der Waals surface area contributed by atoms with Crippen LogP contribution in [-0.2, 0) is 4.79 Å². The van der Waals surface area contributed by atoms with Gasteiger partial charge in [0.05, 0.1) is 5.71 Å². The monoisotopic (exact) mass is 352 g/mol. The highest BCUT2D eigenvalue weighted by Gasteiger charge is 2.08. The van der Waals surface area contributed by atoms with Crippen molar-refractivity contribution >= 4 is 28.9 Å². The molecule has 0 aromatic heterocycles. The summed E-state index contributed by atoms with van der Waals surface area (Å²) in [5, 5.41) is 6.92. The van der Waals surface area contributed by atoms with E-state index in [1.165, 1.54) is 0 Å². The highest BCUT2D eigenvalue weighted by Crippen LogP contribution is 2.11. The average molecular weight is 352 g/mol. The highest BCUT2D eigenvalue weighted by molar-refractivity contribution is 6.01. The number of nitrogens with one attached hydrogen (secondary N) is 2. The molecule has 0 saturated heterocycles. The second-order valence-electron chi connectivity index (χ2n) is 6.48. The molecule has 0 aliphatic carbocycles. The van der Waals surface area contributed by atoms with Crippen LogP contribution in [0.1, 0.15) is 43.1 Å². The molecule has 0 spiro atoms. The molecule has 6 nitrogen and oxygen atoms in total. The smallest absolute Gasteiger partial charge is 0.271 e. The number of rotatable bonds is 6. The molecule has 0 fully saturated rings. The lowest BCUT2D eigenvalue weighted by Gasteiger charge is -2.08. The third kappa shape index (κ3) is 5.73. The summed E-state index contributed by atoms with van der Waals surface area (Å²) in [4.78, 5) is 23.9. The third-order valence-electron chi connectivity index (χ3n) is 3.68. The van der Waals surface area contributed by atoms with Gasteiger partial charge in [0.1, 0.15) is 0 Å². The number of hydrogen-bond donors (Lipinski definition) is 3. The Hall–Kier alpha value is -3.15. The maximum absolute atomic E-state index is 12.2. The lowest BCUT2D eigenvalue weighted by atomic mass is 10.1. The van der Waals surface area contributed by atoms with E-state index in [0.717, 1.165) is 5.56 Å². The number of carbonyl (C=O) groups excluding carboxylic acids is 2. The van der Waals surface area contributed by atoms with Crippen LogP contribution in [0.2, 0.25) is 0 Å². The number of anilines is 2. The minimum atomic E-state index is -0.320. The molecule has 0 aliphatic rings. The van der Waals surface area contributed by atoms with Gasteiger partial charge in [0.15, 0.2) is 0 Å². The van der Waals surface area contributed by atoms with Gasteiger partial charge in [0.25, 0.3) is 5.91 Å². The minimum Gasteiger partial charge on any atom is -0.399 e. The van der Waals surface area contributed by atoms with Crippen molar-refractivity contribution in [2.45, 2.75) is 27.2 Å². The van der Waals surface area contributed by atoms with Crippen molar-refractivity contribution < 1.29 is 9.59 Å². The molecule has 0 unspecified atom stereocenters. The van der Waals surface area contributed by atoms with E-state index in [1.54, 1.807) is 43.3 Å². The van der Waals surface area contributed by atoms with Gasteiger partial charge in [-0.1, -0.05) is 26.0 Å². The molecule has 0 radical (unpaired) electrons. The second-order valence-corrected chi connectivity index (χ2v) is 6.48. The van der Waals surface area contributed by atoms with Crippen LogP contribution < -0.4 is 16.5 Å². The molecule has 2 rings (SSSR count). The topological polar surface area (TPSA) is 96.6 Å². The molecule has 6 heteroatoms. The maximum Gasteiger partial charge on any atom is 0.271 e. The largest absolute Gasteiger partial charge is 0.399 e. The van der Waals surface area contributed by atoms with Crippen molar-refractivity contribution in [3.8, 4) is 0 Å². The van der Waals surface area contributed by atoms with Crippen LogP contribution >= 0.6 is 0 Å². The lowest BCUT2D eigenvalue weighted by molar-refractivity contribution is -0.116. The highest BCUT2D eigenvalue weighted by atomic mass is 16.2. The molecule has 0 bridgehead atoms. The summed E-state index contributed by atoms with van der Waals surface area (Å²) in [6.07, 6.45) is 0.460. The first-order valence-electron chi connectivity index (χ1n) is 8.45. The fraction of sp³-hybridized carbons (Fsp3) is 0.250. The van der Waals surface area contributed by atoms with E-state index in [1.807, 2.05) is 26.0 Å². The number of nitrogens with zero attached hydrogens (tertiary/aromatic N) is 1. The van der Waals surface area contributed by atoms with E-state index in [-0.39, 0.29) is 11.8 Å². The summed E-state index contributed by atoms with van der Waals surface area (Å²) in [5.74, 6) is -0.0667.